The maximum atomic E-state index is 13.6. The van der Waals surface area contributed by atoms with Gasteiger partial charge in [0.15, 0.2) is 5.82 Å². The second-order valence-electron chi connectivity index (χ2n) is 10.6. The molecule has 1 atom stereocenters. The molecule has 1 fully saturated rings. The van der Waals surface area contributed by atoms with Gasteiger partial charge in [-0.25, -0.2) is 14.8 Å². The summed E-state index contributed by atoms with van der Waals surface area (Å²) in [4.78, 5) is 66.6. The van der Waals surface area contributed by atoms with E-state index in [0.29, 0.717) is 22.8 Å². The molecule has 42 heavy (non-hydrogen) atoms. The Bertz CT molecular complexity index is 1250. The van der Waals surface area contributed by atoms with Gasteiger partial charge in [-0.15, -0.1) is 5.06 Å². The summed E-state index contributed by atoms with van der Waals surface area (Å²) in [6.07, 6.45) is -0.872. The zero-order valence-electron chi connectivity index (χ0n) is 25.0. The van der Waals surface area contributed by atoms with Crippen molar-refractivity contribution in [2.24, 2.45) is 0 Å². The van der Waals surface area contributed by atoms with Crippen LogP contribution < -0.4 is 10.1 Å². The Hall–Kier alpha value is -4.26. The zero-order chi connectivity index (χ0) is 30.9. The average Bonchev–Trinajstić information content (AvgIpc) is 2.94. The van der Waals surface area contributed by atoms with E-state index in [9.17, 15) is 19.2 Å². The van der Waals surface area contributed by atoms with Gasteiger partial charge in [0, 0.05) is 30.8 Å². The van der Waals surface area contributed by atoms with Crippen LogP contribution in [0, 0.1) is 6.92 Å². The van der Waals surface area contributed by atoms with Gasteiger partial charge >= 0.3 is 12.1 Å². The van der Waals surface area contributed by atoms with Gasteiger partial charge in [-0.3, -0.25) is 14.4 Å². The van der Waals surface area contributed by atoms with E-state index in [1.54, 1.807) is 70.9 Å². The number of nitrogens with one attached hydrogen (secondary N) is 1. The summed E-state index contributed by atoms with van der Waals surface area (Å²) >= 11 is 0. The average molecular weight is 586 g/mol. The first-order valence-electron chi connectivity index (χ1n) is 13.8. The molecule has 1 aliphatic rings. The molecule has 13 nitrogen and oxygen atoms in total. The Morgan fingerprint density at radius 3 is 2.29 bits per heavy atom. The Morgan fingerprint density at radius 2 is 1.69 bits per heavy atom. The third-order valence-corrected chi connectivity index (χ3v) is 6.11. The lowest BCUT2D eigenvalue weighted by molar-refractivity contribution is -0.158. The highest BCUT2D eigenvalue weighted by Crippen LogP contribution is 2.20. The van der Waals surface area contributed by atoms with Crippen molar-refractivity contribution in [1.82, 2.24) is 25.2 Å². The van der Waals surface area contributed by atoms with E-state index < -0.39 is 29.7 Å². The van der Waals surface area contributed by atoms with Crippen LogP contribution in [0.1, 0.15) is 56.7 Å². The number of rotatable bonds is 10. The molecule has 2 aromatic rings. The van der Waals surface area contributed by atoms with Crippen LogP contribution in [0.4, 0.5) is 4.79 Å². The number of hydrogen-bond acceptors (Lipinski definition) is 11. The van der Waals surface area contributed by atoms with Crippen LogP contribution in [-0.2, 0) is 23.9 Å². The summed E-state index contributed by atoms with van der Waals surface area (Å²) in [7, 11) is 1.57. The van der Waals surface area contributed by atoms with E-state index in [1.165, 1.54) is 11.1 Å². The van der Waals surface area contributed by atoms with Crippen molar-refractivity contribution in [3.63, 3.8) is 0 Å². The highest BCUT2D eigenvalue weighted by atomic mass is 16.8. The number of ether oxygens (including phenoxy) is 3. The Balaban J connectivity index is 1.75. The van der Waals surface area contributed by atoms with Gasteiger partial charge in [-0.05, 0) is 71.4 Å². The van der Waals surface area contributed by atoms with E-state index in [2.05, 4.69) is 15.3 Å². The normalized spacial score (nSPS) is 14.5. The first-order valence-corrected chi connectivity index (χ1v) is 13.8. The van der Waals surface area contributed by atoms with E-state index in [-0.39, 0.29) is 57.2 Å². The largest absolute Gasteiger partial charge is 0.527 e. The smallest absolute Gasteiger partial charge is 0.497 e. The summed E-state index contributed by atoms with van der Waals surface area (Å²) in [6.45, 7) is 9.86. The molecule has 1 N–H and O–H groups in total. The van der Waals surface area contributed by atoms with Crippen LogP contribution in [0.2, 0.25) is 0 Å². The molecule has 2 heterocycles. The molecular weight excluding hydrogens is 546 g/mol. The van der Waals surface area contributed by atoms with Crippen LogP contribution in [0.15, 0.2) is 30.3 Å². The number of amides is 2. The van der Waals surface area contributed by atoms with Gasteiger partial charge < -0.3 is 29.3 Å². The Labute approximate surface area is 245 Å². The van der Waals surface area contributed by atoms with Gasteiger partial charge in [0.1, 0.15) is 23.1 Å². The van der Waals surface area contributed by atoms with E-state index in [4.69, 9.17) is 19.0 Å². The Kier molecular flexibility index (Phi) is 11.2. The predicted molar refractivity (Wildman–Crippen MR) is 151 cm³/mol. The molecule has 1 aromatic heterocycles. The lowest BCUT2D eigenvalue weighted by Gasteiger charge is -2.35. The number of methoxy groups -OCH3 is 1. The number of hydrogen-bond donors (Lipinski definition) is 1. The SMILES string of the molecule is CCOC(=O)ON1CCN(C(=O)[C@H](CCC(=O)OC(C)(C)C)NC(=O)c2cc(C)nc(-c3ccc(OC)cc3)n2)CC1. The van der Waals surface area contributed by atoms with Crippen LogP contribution in [0.25, 0.3) is 11.4 Å². The minimum atomic E-state index is -1.03. The van der Waals surface area contributed by atoms with Crippen molar-refractivity contribution in [2.45, 2.75) is 59.1 Å². The number of esters is 1. The summed E-state index contributed by atoms with van der Waals surface area (Å²) in [5.74, 6) is -0.422. The quantitative estimate of drug-likeness (QED) is 0.410. The summed E-state index contributed by atoms with van der Waals surface area (Å²) in [5.41, 5.74) is 0.645. The number of hydroxylamine groups is 2. The number of carbonyl (C=O) groups excluding carboxylic acids is 4. The van der Waals surface area contributed by atoms with Gasteiger partial charge in [-0.1, -0.05) is 0 Å². The molecule has 2 amide bonds. The molecule has 1 saturated heterocycles. The number of aryl methyl sites for hydroxylation is 1. The molecule has 1 aliphatic heterocycles. The van der Waals surface area contributed by atoms with Gasteiger partial charge in [0.2, 0.25) is 5.91 Å². The molecule has 13 heteroatoms. The molecule has 1 aromatic carbocycles. The predicted octanol–water partition coefficient (Wildman–Crippen LogP) is 2.91. The monoisotopic (exact) mass is 585 g/mol. The molecule has 0 bridgehead atoms. The van der Waals surface area contributed by atoms with Gasteiger partial charge in [0.05, 0.1) is 26.8 Å². The lowest BCUT2D eigenvalue weighted by Crippen LogP contribution is -2.55. The third-order valence-electron chi connectivity index (χ3n) is 6.11. The maximum Gasteiger partial charge on any atom is 0.527 e. The van der Waals surface area contributed by atoms with Crippen LogP contribution >= 0.6 is 0 Å². The molecule has 0 spiro atoms. The number of benzene rings is 1. The fourth-order valence-corrected chi connectivity index (χ4v) is 4.17. The standard InChI is InChI=1S/C29H39N5O8/c1-7-40-28(38)42-34-16-14-33(15-17-34)27(37)22(12-13-24(35)41-29(3,4)5)32-26(36)23-18-19(2)30-25(31-23)20-8-10-21(39-6)11-9-20/h8-11,18,22H,7,12-17H2,1-6H3,(H,32,36)/t22-/m0/s1. The number of piperazine rings is 1. The topological polar surface area (TPSA) is 149 Å². The van der Waals surface area contributed by atoms with Crippen LogP contribution in [-0.4, -0.2) is 95.4 Å². The minimum Gasteiger partial charge on any atom is -0.497 e. The van der Waals surface area contributed by atoms with Crippen molar-refractivity contribution < 1.29 is 38.2 Å². The van der Waals surface area contributed by atoms with Crippen molar-refractivity contribution in [2.75, 3.05) is 39.9 Å². The van der Waals surface area contributed by atoms with Crippen LogP contribution in [0.5, 0.6) is 5.75 Å². The maximum absolute atomic E-state index is 13.6. The van der Waals surface area contributed by atoms with E-state index >= 15 is 0 Å². The van der Waals surface area contributed by atoms with E-state index in [0.717, 1.165) is 0 Å². The molecular formula is C29H39N5O8. The fraction of sp³-hybridized carbons (Fsp3) is 0.517. The number of aromatic nitrogens is 2. The molecule has 3 rings (SSSR count). The van der Waals surface area contributed by atoms with Crippen LogP contribution in [0.3, 0.4) is 0 Å². The molecule has 228 valence electrons. The second-order valence-corrected chi connectivity index (χ2v) is 10.6. The van der Waals surface area contributed by atoms with Crippen molar-refractivity contribution in [3.8, 4) is 17.1 Å². The van der Waals surface area contributed by atoms with Crippen molar-refractivity contribution in [3.05, 3.63) is 41.7 Å². The first kappa shape index (κ1) is 32.3. The summed E-state index contributed by atoms with van der Waals surface area (Å²) in [5, 5.41) is 4.18. The number of carbonyl (C=O) groups is 4. The van der Waals surface area contributed by atoms with Crippen molar-refractivity contribution in [1.29, 1.82) is 0 Å². The zero-order valence-corrected chi connectivity index (χ0v) is 25.0. The molecule has 0 saturated carbocycles. The second kappa shape index (κ2) is 14.6. The molecule has 0 unspecified atom stereocenters. The van der Waals surface area contributed by atoms with E-state index in [1.807, 2.05) is 0 Å². The molecule has 0 radical (unpaired) electrons. The fourth-order valence-electron chi connectivity index (χ4n) is 4.17. The minimum absolute atomic E-state index is 0.0223. The lowest BCUT2D eigenvalue weighted by atomic mass is 10.1. The van der Waals surface area contributed by atoms with Crippen molar-refractivity contribution >= 4 is 23.9 Å². The molecule has 0 aliphatic carbocycles. The Morgan fingerprint density at radius 1 is 1.02 bits per heavy atom. The third kappa shape index (κ3) is 9.68. The first-order chi connectivity index (χ1) is 19.9. The summed E-state index contributed by atoms with van der Waals surface area (Å²) in [6, 6.07) is 7.61. The summed E-state index contributed by atoms with van der Waals surface area (Å²) < 4.78 is 15.4. The highest BCUT2D eigenvalue weighted by molar-refractivity contribution is 5.96. The highest BCUT2D eigenvalue weighted by Gasteiger charge is 2.31. The van der Waals surface area contributed by atoms with Gasteiger partial charge in [0.25, 0.3) is 5.91 Å². The number of nitrogens with zero attached hydrogens (tertiary/aromatic N) is 4. The van der Waals surface area contributed by atoms with Gasteiger partial charge in [-0.2, -0.15) is 0 Å².